The average Bonchev–Trinajstić information content (AvgIpc) is 2.54. The highest BCUT2D eigenvalue weighted by Crippen LogP contribution is 2.29. The van der Waals surface area contributed by atoms with Gasteiger partial charge in [0.25, 0.3) is 11.8 Å². The second kappa shape index (κ2) is 4.39. The van der Waals surface area contributed by atoms with Crippen LogP contribution in [0, 0.1) is 5.41 Å². The molecule has 0 saturated heterocycles. The first-order valence-corrected chi connectivity index (χ1v) is 6.35. The molecule has 0 bridgehead atoms. The number of hydrogen-bond donors (Lipinski definition) is 0. The Morgan fingerprint density at radius 1 is 1.11 bits per heavy atom. The molecular weight excluding hydrogens is 250 g/mol. The number of alkyl halides is 1. The Balaban J connectivity index is 2.24. The minimum atomic E-state index is -0.264. The van der Waals surface area contributed by atoms with Gasteiger partial charge in [-0.2, -0.15) is 0 Å². The predicted octanol–water partition coefficient (Wildman–Crippen LogP) is 2.94. The van der Waals surface area contributed by atoms with E-state index in [4.69, 9.17) is 11.6 Å². The number of halogens is 1. The Bertz CT molecular complexity index is 470. The van der Waals surface area contributed by atoms with Gasteiger partial charge in [-0.25, -0.2) is 0 Å². The number of imide groups is 1. The van der Waals surface area contributed by atoms with E-state index < -0.39 is 0 Å². The number of carbonyl (C=O) groups is 2. The van der Waals surface area contributed by atoms with Gasteiger partial charge in [0.1, 0.15) is 0 Å². The standard InChI is InChI=1S/C14H16ClNO2/c1-14(2,3)11(15)8-16-12(17)9-6-4-5-7-10(9)13(16)18/h4-7,11H,8H2,1-3H3. The van der Waals surface area contributed by atoms with Crippen molar-refractivity contribution in [3.05, 3.63) is 35.4 Å². The van der Waals surface area contributed by atoms with Gasteiger partial charge in [-0.1, -0.05) is 32.9 Å². The van der Waals surface area contributed by atoms with Crippen molar-refractivity contribution in [2.24, 2.45) is 5.41 Å². The summed E-state index contributed by atoms with van der Waals surface area (Å²) in [5, 5.41) is -0.264. The van der Waals surface area contributed by atoms with Crippen LogP contribution in [-0.2, 0) is 0 Å². The van der Waals surface area contributed by atoms with Gasteiger partial charge in [0, 0.05) is 6.54 Å². The normalized spacial score (nSPS) is 17.0. The first kappa shape index (κ1) is 13.1. The third kappa shape index (κ3) is 2.15. The fraction of sp³-hybridized carbons (Fsp3) is 0.429. The number of benzene rings is 1. The van der Waals surface area contributed by atoms with Crippen LogP contribution in [0.25, 0.3) is 0 Å². The highest BCUT2D eigenvalue weighted by Gasteiger charge is 2.38. The Kier molecular flexibility index (Phi) is 3.20. The number of rotatable bonds is 2. The first-order valence-electron chi connectivity index (χ1n) is 5.91. The molecule has 0 aliphatic carbocycles. The minimum Gasteiger partial charge on any atom is -0.273 e. The lowest BCUT2D eigenvalue weighted by Gasteiger charge is -2.28. The maximum Gasteiger partial charge on any atom is 0.261 e. The summed E-state index contributed by atoms with van der Waals surface area (Å²) in [5.41, 5.74) is 0.789. The van der Waals surface area contributed by atoms with Gasteiger partial charge < -0.3 is 0 Å². The second-order valence-electron chi connectivity index (χ2n) is 5.60. The summed E-state index contributed by atoms with van der Waals surface area (Å²) in [7, 11) is 0. The van der Waals surface area contributed by atoms with Crippen LogP contribution in [0.5, 0.6) is 0 Å². The molecule has 0 N–H and O–H groups in total. The summed E-state index contributed by atoms with van der Waals surface area (Å²) >= 11 is 6.26. The van der Waals surface area contributed by atoms with Gasteiger partial charge in [0.05, 0.1) is 16.5 Å². The lowest BCUT2D eigenvalue weighted by Crippen LogP contribution is -2.39. The zero-order chi connectivity index (χ0) is 13.5. The van der Waals surface area contributed by atoms with E-state index in [2.05, 4.69) is 0 Å². The van der Waals surface area contributed by atoms with Crippen molar-refractivity contribution in [2.45, 2.75) is 26.1 Å². The topological polar surface area (TPSA) is 37.4 Å². The van der Waals surface area contributed by atoms with E-state index in [0.29, 0.717) is 11.1 Å². The third-order valence-electron chi connectivity index (χ3n) is 3.16. The number of hydrogen-bond acceptors (Lipinski definition) is 2. The van der Waals surface area contributed by atoms with Gasteiger partial charge in [-0.3, -0.25) is 14.5 Å². The van der Waals surface area contributed by atoms with E-state index in [0.717, 1.165) is 0 Å². The molecule has 0 spiro atoms. The van der Waals surface area contributed by atoms with Gasteiger partial charge in [-0.05, 0) is 17.5 Å². The smallest absolute Gasteiger partial charge is 0.261 e. The lowest BCUT2D eigenvalue weighted by molar-refractivity contribution is 0.0641. The molecule has 1 heterocycles. The van der Waals surface area contributed by atoms with Crippen LogP contribution in [0.3, 0.4) is 0 Å². The second-order valence-corrected chi connectivity index (χ2v) is 6.13. The highest BCUT2D eigenvalue weighted by molar-refractivity contribution is 6.24. The Morgan fingerprint density at radius 2 is 1.56 bits per heavy atom. The molecule has 96 valence electrons. The quantitative estimate of drug-likeness (QED) is 0.609. The molecule has 1 aliphatic rings. The molecule has 1 aromatic rings. The van der Waals surface area contributed by atoms with Gasteiger partial charge in [-0.15, -0.1) is 11.6 Å². The van der Waals surface area contributed by atoms with E-state index in [-0.39, 0.29) is 29.2 Å². The highest BCUT2D eigenvalue weighted by atomic mass is 35.5. The summed E-state index contributed by atoms with van der Waals surface area (Å²) in [6.45, 7) is 6.21. The molecule has 1 unspecified atom stereocenters. The van der Waals surface area contributed by atoms with Crippen LogP contribution in [-0.4, -0.2) is 28.6 Å². The Hall–Kier alpha value is -1.35. The van der Waals surface area contributed by atoms with Crippen LogP contribution in [0.1, 0.15) is 41.5 Å². The molecule has 18 heavy (non-hydrogen) atoms. The Labute approximate surface area is 112 Å². The molecular formula is C14H16ClNO2. The van der Waals surface area contributed by atoms with Gasteiger partial charge >= 0.3 is 0 Å². The molecule has 0 radical (unpaired) electrons. The zero-order valence-corrected chi connectivity index (χ0v) is 11.5. The van der Waals surface area contributed by atoms with Crippen molar-refractivity contribution >= 4 is 23.4 Å². The molecule has 0 saturated carbocycles. The summed E-state index contributed by atoms with van der Waals surface area (Å²) < 4.78 is 0. The van der Waals surface area contributed by atoms with E-state index in [9.17, 15) is 9.59 Å². The van der Waals surface area contributed by atoms with Crippen molar-refractivity contribution in [3.63, 3.8) is 0 Å². The molecule has 1 aromatic carbocycles. The van der Waals surface area contributed by atoms with Crippen LogP contribution < -0.4 is 0 Å². The third-order valence-corrected chi connectivity index (χ3v) is 3.95. The summed E-state index contributed by atoms with van der Waals surface area (Å²) in [5.74, 6) is -0.490. The molecule has 0 fully saturated rings. The number of carbonyl (C=O) groups excluding carboxylic acids is 2. The van der Waals surface area contributed by atoms with E-state index in [1.807, 2.05) is 20.8 Å². The van der Waals surface area contributed by atoms with Gasteiger partial charge in [0.2, 0.25) is 0 Å². The van der Waals surface area contributed by atoms with E-state index in [1.54, 1.807) is 24.3 Å². The van der Waals surface area contributed by atoms with Gasteiger partial charge in [0.15, 0.2) is 0 Å². The molecule has 0 aromatic heterocycles. The van der Waals surface area contributed by atoms with E-state index in [1.165, 1.54) is 4.90 Å². The molecule has 2 rings (SSSR count). The van der Waals surface area contributed by atoms with Crippen molar-refractivity contribution in [1.82, 2.24) is 4.90 Å². The van der Waals surface area contributed by atoms with Crippen molar-refractivity contribution in [2.75, 3.05) is 6.54 Å². The maximum atomic E-state index is 12.1. The predicted molar refractivity (Wildman–Crippen MR) is 70.9 cm³/mol. The fourth-order valence-corrected chi connectivity index (χ4v) is 1.98. The minimum absolute atomic E-state index is 0.156. The summed E-state index contributed by atoms with van der Waals surface area (Å²) in [4.78, 5) is 25.5. The SMILES string of the molecule is CC(C)(C)C(Cl)CN1C(=O)c2ccccc2C1=O. The maximum absolute atomic E-state index is 12.1. The van der Waals surface area contributed by atoms with Crippen LogP contribution in [0.2, 0.25) is 0 Å². The number of fused-ring (bicyclic) bond motifs is 1. The number of amides is 2. The Morgan fingerprint density at radius 3 is 1.94 bits per heavy atom. The largest absolute Gasteiger partial charge is 0.273 e. The van der Waals surface area contributed by atoms with Crippen molar-refractivity contribution < 1.29 is 9.59 Å². The average molecular weight is 266 g/mol. The monoisotopic (exact) mass is 265 g/mol. The fourth-order valence-electron chi connectivity index (χ4n) is 1.84. The number of nitrogens with zero attached hydrogens (tertiary/aromatic N) is 1. The summed E-state index contributed by atoms with van der Waals surface area (Å²) in [6.07, 6.45) is 0. The molecule has 3 nitrogen and oxygen atoms in total. The zero-order valence-electron chi connectivity index (χ0n) is 10.7. The van der Waals surface area contributed by atoms with Crippen molar-refractivity contribution in [1.29, 1.82) is 0 Å². The lowest BCUT2D eigenvalue weighted by atomic mass is 9.91. The van der Waals surface area contributed by atoms with Crippen LogP contribution >= 0.6 is 11.6 Å². The summed E-state index contributed by atoms with van der Waals surface area (Å²) in [6, 6.07) is 6.87. The van der Waals surface area contributed by atoms with Crippen LogP contribution in [0.4, 0.5) is 0 Å². The van der Waals surface area contributed by atoms with E-state index >= 15 is 0 Å². The first-order chi connectivity index (χ1) is 8.32. The molecule has 4 heteroatoms. The molecule has 1 atom stereocenters. The van der Waals surface area contributed by atoms with Crippen molar-refractivity contribution in [3.8, 4) is 0 Å². The molecule has 2 amide bonds. The van der Waals surface area contributed by atoms with Crippen LogP contribution in [0.15, 0.2) is 24.3 Å². The molecule has 1 aliphatic heterocycles.